The summed E-state index contributed by atoms with van der Waals surface area (Å²) < 4.78 is 11.0. The van der Waals surface area contributed by atoms with Crippen LogP contribution in [0.3, 0.4) is 0 Å². The largest absolute Gasteiger partial charge is 0.379 e. The summed E-state index contributed by atoms with van der Waals surface area (Å²) in [4.78, 5) is 4.26. The second kappa shape index (κ2) is 12.6. The maximum Gasteiger partial charge on any atom is 0.188 e. The Balaban J connectivity index is 0.00000361. The molecule has 0 amide bonds. The molecule has 1 saturated heterocycles. The number of halogens is 1. The van der Waals surface area contributed by atoms with E-state index >= 15 is 0 Å². The number of nitrogens with one attached hydrogen (secondary N) is 1. The SMILES string of the molecule is CC(C)CCNC(N)=NCCCOCC1CCCO1.I. The fourth-order valence-electron chi connectivity index (χ4n) is 1.90. The van der Waals surface area contributed by atoms with Gasteiger partial charge >= 0.3 is 0 Å². The van der Waals surface area contributed by atoms with E-state index in [1.165, 1.54) is 0 Å². The van der Waals surface area contributed by atoms with Gasteiger partial charge in [-0.05, 0) is 31.6 Å². The van der Waals surface area contributed by atoms with Gasteiger partial charge in [-0.15, -0.1) is 24.0 Å². The first-order valence-corrected chi connectivity index (χ1v) is 7.41. The van der Waals surface area contributed by atoms with E-state index in [9.17, 15) is 0 Å². The number of hydrogen-bond acceptors (Lipinski definition) is 3. The molecule has 1 aliphatic rings. The summed E-state index contributed by atoms with van der Waals surface area (Å²) >= 11 is 0. The number of rotatable bonds is 9. The molecule has 1 atom stereocenters. The first kappa shape index (κ1) is 19.9. The van der Waals surface area contributed by atoms with Crippen LogP contribution in [0.2, 0.25) is 0 Å². The van der Waals surface area contributed by atoms with Gasteiger partial charge in [0.2, 0.25) is 0 Å². The quantitative estimate of drug-likeness (QED) is 0.270. The molecule has 3 N–H and O–H groups in total. The fraction of sp³-hybridized carbons (Fsp3) is 0.929. The molecule has 0 aliphatic carbocycles. The van der Waals surface area contributed by atoms with Crippen molar-refractivity contribution in [1.29, 1.82) is 0 Å². The lowest BCUT2D eigenvalue weighted by atomic mass is 10.1. The molecule has 1 aliphatic heterocycles. The highest BCUT2D eigenvalue weighted by molar-refractivity contribution is 14.0. The molecule has 0 saturated carbocycles. The van der Waals surface area contributed by atoms with E-state index in [0.717, 1.165) is 45.4 Å². The van der Waals surface area contributed by atoms with Crippen LogP contribution in [0.1, 0.15) is 39.5 Å². The Kier molecular flexibility index (Phi) is 12.6. The molecular formula is C14H30IN3O2. The van der Waals surface area contributed by atoms with E-state index in [1.54, 1.807) is 0 Å². The van der Waals surface area contributed by atoms with E-state index < -0.39 is 0 Å². The fourth-order valence-corrected chi connectivity index (χ4v) is 1.90. The minimum atomic E-state index is 0. The monoisotopic (exact) mass is 399 g/mol. The second-order valence-corrected chi connectivity index (χ2v) is 5.44. The van der Waals surface area contributed by atoms with Crippen molar-refractivity contribution >= 4 is 29.9 Å². The third-order valence-corrected chi connectivity index (χ3v) is 3.08. The molecule has 6 heteroatoms. The van der Waals surface area contributed by atoms with E-state index in [-0.39, 0.29) is 24.0 Å². The van der Waals surface area contributed by atoms with Crippen LogP contribution in [0.25, 0.3) is 0 Å². The zero-order chi connectivity index (χ0) is 13.9. The third-order valence-electron chi connectivity index (χ3n) is 3.08. The zero-order valence-corrected chi connectivity index (χ0v) is 15.1. The minimum Gasteiger partial charge on any atom is -0.379 e. The van der Waals surface area contributed by atoms with Crippen LogP contribution in [-0.2, 0) is 9.47 Å². The van der Waals surface area contributed by atoms with Gasteiger partial charge < -0.3 is 20.5 Å². The maximum absolute atomic E-state index is 5.75. The van der Waals surface area contributed by atoms with Crippen molar-refractivity contribution in [3.63, 3.8) is 0 Å². The number of aliphatic imine (C=N–C) groups is 1. The molecule has 0 radical (unpaired) electrons. The predicted molar refractivity (Wildman–Crippen MR) is 93.8 cm³/mol. The lowest BCUT2D eigenvalue weighted by Crippen LogP contribution is -2.33. The third kappa shape index (κ3) is 10.7. The predicted octanol–water partition coefficient (Wildman–Crippen LogP) is 2.14. The van der Waals surface area contributed by atoms with Crippen molar-refractivity contribution < 1.29 is 9.47 Å². The molecule has 1 fully saturated rings. The van der Waals surface area contributed by atoms with Gasteiger partial charge in [-0.1, -0.05) is 13.8 Å². The van der Waals surface area contributed by atoms with Crippen LogP contribution < -0.4 is 11.1 Å². The summed E-state index contributed by atoms with van der Waals surface area (Å²) in [6.07, 6.45) is 4.62. The van der Waals surface area contributed by atoms with Crippen molar-refractivity contribution in [2.45, 2.75) is 45.6 Å². The van der Waals surface area contributed by atoms with Crippen LogP contribution in [0.5, 0.6) is 0 Å². The Hall–Kier alpha value is -0.0800. The number of ether oxygens (including phenoxy) is 2. The van der Waals surface area contributed by atoms with Crippen LogP contribution >= 0.6 is 24.0 Å². The summed E-state index contributed by atoms with van der Waals surface area (Å²) in [5.41, 5.74) is 5.75. The molecule has 0 bridgehead atoms. The molecule has 5 nitrogen and oxygen atoms in total. The molecule has 1 heterocycles. The second-order valence-electron chi connectivity index (χ2n) is 5.44. The number of hydrogen-bond donors (Lipinski definition) is 2. The van der Waals surface area contributed by atoms with Crippen molar-refractivity contribution in [1.82, 2.24) is 5.32 Å². The average Bonchev–Trinajstić information content (AvgIpc) is 2.86. The zero-order valence-electron chi connectivity index (χ0n) is 12.8. The lowest BCUT2D eigenvalue weighted by Gasteiger charge is -2.09. The Morgan fingerprint density at radius 2 is 2.30 bits per heavy atom. The first-order chi connectivity index (χ1) is 9.18. The highest BCUT2D eigenvalue weighted by Gasteiger charge is 2.14. The van der Waals surface area contributed by atoms with Crippen molar-refractivity contribution in [3.05, 3.63) is 0 Å². The standard InChI is InChI=1S/C14H29N3O2.HI/c1-12(2)6-8-17-14(15)16-7-4-9-18-11-13-5-3-10-19-13;/h12-13H,3-11H2,1-2H3,(H3,15,16,17);1H. The lowest BCUT2D eigenvalue weighted by molar-refractivity contribution is 0.0171. The van der Waals surface area contributed by atoms with Crippen molar-refractivity contribution in [3.8, 4) is 0 Å². The highest BCUT2D eigenvalue weighted by Crippen LogP contribution is 2.11. The van der Waals surface area contributed by atoms with Gasteiger partial charge in [0.1, 0.15) is 0 Å². The van der Waals surface area contributed by atoms with Gasteiger partial charge in [0.25, 0.3) is 0 Å². The maximum atomic E-state index is 5.75. The van der Waals surface area contributed by atoms with Gasteiger partial charge in [-0.25, -0.2) is 0 Å². The minimum absolute atomic E-state index is 0. The number of guanidine groups is 1. The molecular weight excluding hydrogens is 369 g/mol. The summed E-state index contributed by atoms with van der Waals surface area (Å²) in [6.45, 7) is 8.32. The van der Waals surface area contributed by atoms with E-state index in [4.69, 9.17) is 15.2 Å². The smallest absolute Gasteiger partial charge is 0.188 e. The van der Waals surface area contributed by atoms with Crippen LogP contribution in [0, 0.1) is 5.92 Å². The highest BCUT2D eigenvalue weighted by atomic mass is 127. The Labute approximate surface area is 140 Å². The molecule has 20 heavy (non-hydrogen) atoms. The van der Waals surface area contributed by atoms with Gasteiger partial charge in [0, 0.05) is 26.3 Å². The van der Waals surface area contributed by atoms with E-state index in [1.807, 2.05) is 0 Å². The first-order valence-electron chi connectivity index (χ1n) is 7.41. The summed E-state index contributed by atoms with van der Waals surface area (Å²) in [7, 11) is 0. The molecule has 0 aromatic carbocycles. The topological polar surface area (TPSA) is 68.9 Å². The number of nitrogens with zero attached hydrogens (tertiary/aromatic N) is 1. The van der Waals surface area contributed by atoms with E-state index in [2.05, 4.69) is 24.2 Å². The summed E-state index contributed by atoms with van der Waals surface area (Å²) in [6, 6.07) is 0. The van der Waals surface area contributed by atoms with E-state index in [0.29, 0.717) is 31.1 Å². The van der Waals surface area contributed by atoms with Gasteiger partial charge in [-0.3, -0.25) is 4.99 Å². The average molecular weight is 399 g/mol. The Morgan fingerprint density at radius 1 is 1.50 bits per heavy atom. The van der Waals surface area contributed by atoms with Crippen LogP contribution in [-0.4, -0.2) is 45.0 Å². The molecule has 120 valence electrons. The molecule has 1 unspecified atom stereocenters. The Morgan fingerprint density at radius 3 is 2.95 bits per heavy atom. The van der Waals surface area contributed by atoms with Gasteiger partial charge in [0.05, 0.1) is 12.7 Å². The Bertz CT molecular complexity index is 257. The van der Waals surface area contributed by atoms with Crippen LogP contribution in [0.4, 0.5) is 0 Å². The molecule has 0 spiro atoms. The van der Waals surface area contributed by atoms with Gasteiger partial charge in [0.15, 0.2) is 5.96 Å². The molecule has 0 aromatic heterocycles. The number of nitrogens with two attached hydrogens (primary N) is 1. The van der Waals surface area contributed by atoms with Crippen LogP contribution in [0.15, 0.2) is 4.99 Å². The van der Waals surface area contributed by atoms with Crippen molar-refractivity contribution in [2.24, 2.45) is 16.6 Å². The summed E-state index contributed by atoms with van der Waals surface area (Å²) in [5.74, 6) is 1.23. The molecule has 0 aromatic rings. The van der Waals surface area contributed by atoms with Crippen molar-refractivity contribution in [2.75, 3.05) is 32.9 Å². The normalized spacial score (nSPS) is 19.1. The molecule has 1 rings (SSSR count). The van der Waals surface area contributed by atoms with Gasteiger partial charge in [-0.2, -0.15) is 0 Å². The summed E-state index contributed by atoms with van der Waals surface area (Å²) in [5, 5.41) is 3.12.